The van der Waals surface area contributed by atoms with E-state index in [2.05, 4.69) is 9.98 Å². The molecule has 0 saturated carbocycles. The molecule has 0 aliphatic heterocycles. The maximum atomic E-state index is 13.2. The molecular weight excluding hydrogens is 828 g/mol. The van der Waals surface area contributed by atoms with Gasteiger partial charge in [-0.15, -0.1) is 0 Å². The molecular formula is C54H48MnN2O6. The van der Waals surface area contributed by atoms with E-state index >= 15 is 0 Å². The maximum Gasteiger partial charge on any atom is 0.316 e. The minimum Gasteiger partial charge on any atom is -0.507 e. The van der Waals surface area contributed by atoms with Gasteiger partial charge >= 0.3 is 11.9 Å². The van der Waals surface area contributed by atoms with Crippen molar-refractivity contribution in [3.8, 4) is 45.3 Å². The van der Waals surface area contributed by atoms with Crippen LogP contribution in [-0.2, 0) is 26.7 Å². The Morgan fingerprint density at radius 1 is 0.476 bits per heavy atom. The molecule has 1 radical (unpaired) electrons. The Hall–Kier alpha value is -6.80. The van der Waals surface area contributed by atoms with E-state index in [0.29, 0.717) is 44.9 Å². The Balaban J connectivity index is 0.00000595. The number of carbonyl (C=O) groups is 2. The number of phenols is 2. The van der Waals surface area contributed by atoms with E-state index in [1.165, 1.54) is 0 Å². The molecule has 9 heteroatoms. The molecule has 63 heavy (non-hydrogen) atoms. The maximum absolute atomic E-state index is 13.2. The number of benzene rings is 8. The van der Waals surface area contributed by atoms with Crippen molar-refractivity contribution in [1.82, 2.24) is 0 Å². The quantitative estimate of drug-likeness (QED) is 0.0490. The minimum atomic E-state index is -0.748. The topological polar surface area (TPSA) is 118 Å². The summed E-state index contributed by atoms with van der Waals surface area (Å²) in [6.07, 6.45) is 3.28. The summed E-state index contributed by atoms with van der Waals surface area (Å²) >= 11 is 0. The molecule has 0 aliphatic carbocycles. The van der Waals surface area contributed by atoms with Crippen molar-refractivity contribution < 1.29 is 46.3 Å². The van der Waals surface area contributed by atoms with Gasteiger partial charge in [0.2, 0.25) is 0 Å². The normalized spacial score (nSPS) is 12.1. The molecule has 317 valence electrons. The molecule has 0 spiro atoms. The first-order chi connectivity index (χ1) is 29.7. The van der Waals surface area contributed by atoms with Crippen LogP contribution in [0.3, 0.4) is 0 Å². The van der Waals surface area contributed by atoms with Crippen LogP contribution < -0.4 is 9.47 Å². The predicted octanol–water partition coefficient (Wildman–Crippen LogP) is 12.5. The largest absolute Gasteiger partial charge is 0.507 e. The van der Waals surface area contributed by atoms with Gasteiger partial charge in [-0.1, -0.05) is 109 Å². The Morgan fingerprint density at radius 2 is 0.794 bits per heavy atom. The molecule has 2 N–H and O–H groups in total. The molecule has 0 heterocycles. The summed E-state index contributed by atoms with van der Waals surface area (Å²) < 4.78 is 12.1. The van der Waals surface area contributed by atoms with E-state index in [9.17, 15) is 19.8 Å². The van der Waals surface area contributed by atoms with Crippen molar-refractivity contribution in [3.63, 3.8) is 0 Å². The Bertz CT molecular complexity index is 2910. The third-order valence-electron chi connectivity index (χ3n) is 10.8. The Kier molecular flexibility index (Phi) is 12.6. The Morgan fingerprint density at radius 3 is 1.14 bits per heavy atom. The first kappa shape index (κ1) is 44.3. The summed E-state index contributed by atoms with van der Waals surface area (Å²) in [7, 11) is 0. The second-order valence-corrected chi connectivity index (χ2v) is 17.5. The summed E-state index contributed by atoms with van der Waals surface area (Å²) in [5, 5.41) is 31.0. The number of aliphatic imine (C=N–C) groups is 2. The van der Waals surface area contributed by atoms with Gasteiger partial charge in [0.15, 0.2) is 0 Å². The zero-order valence-corrected chi connectivity index (χ0v) is 37.3. The third-order valence-corrected chi connectivity index (χ3v) is 10.8. The van der Waals surface area contributed by atoms with Gasteiger partial charge in [0.1, 0.15) is 23.0 Å². The first-order valence-corrected chi connectivity index (χ1v) is 20.7. The number of ether oxygens (including phenoxy) is 2. The fourth-order valence-corrected chi connectivity index (χ4v) is 7.56. The van der Waals surface area contributed by atoms with Gasteiger partial charge in [-0.2, -0.15) is 0 Å². The number of hydrogen-bond donors (Lipinski definition) is 2. The van der Waals surface area contributed by atoms with Crippen molar-refractivity contribution >= 4 is 67.5 Å². The monoisotopic (exact) mass is 875 g/mol. The molecule has 0 aliphatic rings. The average Bonchev–Trinajstić information content (AvgIpc) is 3.25. The van der Waals surface area contributed by atoms with Crippen molar-refractivity contribution in [3.05, 3.63) is 145 Å². The predicted molar refractivity (Wildman–Crippen MR) is 252 cm³/mol. The van der Waals surface area contributed by atoms with E-state index in [4.69, 9.17) is 9.47 Å². The number of phenolic OH excluding ortho intramolecular Hbond substituents is 2. The fraction of sp³-hybridized carbons (Fsp3) is 0.185. The van der Waals surface area contributed by atoms with Crippen LogP contribution in [0, 0.1) is 10.8 Å². The van der Waals surface area contributed by atoms with E-state index in [1.54, 1.807) is 24.6 Å². The second kappa shape index (κ2) is 17.9. The summed E-state index contributed by atoms with van der Waals surface area (Å²) in [6.45, 7) is 11.4. The Labute approximate surface area is 377 Å². The van der Waals surface area contributed by atoms with Crippen molar-refractivity contribution in [1.29, 1.82) is 0 Å². The van der Waals surface area contributed by atoms with Gasteiger partial charge in [-0.3, -0.25) is 19.6 Å². The third kappa shape index (κ3) is 8.94. The van der Waals surface area contributed by atoms with Crippen molar-refractivity contribution in [2.45, 2.75) is 41.5 Å². The number of carbonyl (C=O) groups excluding carboxylic acids is 2. The molecule has 0 bridgehead atoms. The molecule has 8 nitrogen and oxygen atoms in total. The van der Waals surface area contributed by atoms with E-state index < -0.39 is 10.8 Å². The van der Waals surface area contributed by atoms with Gasteiger partial charge < -0.3 is 19.7 Å². The van der Waals surface area contributed by atoms with Gasteiger partial charge in [0.25, 0.3) is 0 Å². The number of aromatic hydroxyl groups is 2. The number of rotatable bonds is 9. The number of fused-ring (bicyclic) bond motifs is 4. The van der Waals surface area contributed by atoms with Crippen LogP contribution in [0.5, 0.6) is 23.0 Å². The molecule has 0 aromatic heterocycles. The minimum absolute atomic E-state index is 0. The van der Waals surface area contributed by atoms with Crippen molar-refractivity contribution in [2.75, 3.05) is 13.1 Å². The molecule has 0 saturated heterocycles. The molecule has 8 rings (SSSR count). The smallest absolute Gasteiger partial charge is 0.316 e. The summed E-state index contributed by atoms with van der Waals surface area (Å²) in [5.41, 5.74) is 1.82. The summed E-state index contributed by atoms with van der Waals surface area (Å²) in [6, 6.07) is 42.4. The second-order valence-electron chi connectivity index (χ2n) is 17.5. The molecule has 0 amide bonds. The number of esters is 2. The van der Waals surface area contributed by atoms with Crippen LogP contribution >= 0.6 is 0 Å². The van der Waals surface area contributed by atoms with E-state index in [0.717, 1.165) is 43.1 Å². The summed E-state index contributed by atoms with van der Waals surface area (Å²) in [5.74, 6) is -0.0381. The van der Waals surface area contributed by atoms with Gasteiger partial charge in [-0.25, -0.2) is 0 Å². The van der Waals surface area contributed by atoms with Gasteiger partial charge in [0.05, 0.1) is 23.9 Å². The van der Waals surface area contributed by atoms with Crippen molar-refractivity contribution in [2.24, 2.45) is 20.8 Å². The zero-order valence-electron chi connectivity index (χ0n) is 36.1. The SMILES string of the molecule is CC(C)(C)C(=O)Oc1ccc2ccccc2c1-c1c(O)c(C=NCCN=Cc2cc3ccccc3c(-c3c(OC(=O)C(C)(C)C)ccc4ccccc34)c2O)cc2ccccc12.[Mn]. The van der Waals surface area contributed by atoms with Crippen LogP contribution in [0.1, 0.15) is 52.7 Å². The van der Waals surface area contributed by atoms with Crippen LogP contribution in [-0.4, -0.2) is 47.7 Å². The average molecular weight is 876 g/mol. The number of hydrogen-bond acceptors (Lipinski definition) is 8. The van der Waals surface area contributed by atoms with E-state index in [-0.39, 0.29) is 53.6 Å². The van der Waals surface area contributed by atoms with Crippen LogP contribution in [0.2, 0.25) is 0 Å². The molecule has 8 aromatic carbocycles. The van der Waals surface area contributed by atoms with Gasteiger partial charge in [-0.05, 0) is 109 Å². The number of nitrogens with zero attached hydrogens (tertiary/aromatic N) is 2. The van der Waals surface area contributed by atoms with Gasteiger partial charge in [0, 0.05) is 62.9 Å². The van der Waals surface area contributed by atoms with Crippen LogP contribution in [0.4, 0.5) is 0 Å². The first-order valence-electron chi connectivity index (χ1n) is 20.7. The van der Waals surface area contributed by atoms with E-state index in [1.807, 2.05) is 163 Å². The molecule has 8 aromatic rings. The fourth-order valence-electron chi connectivity index (χ4n) is 7.56. The standard InChI is InChI=1S/C54H48N2O6.Mn/c1-53(2,3)51(59)61-43-25-23-33-15-7-11-19-39(33)45(43)47-41-21-13-9-17-35(41)29-37(49(47)57)31-55-27-28-56-32-38-30-36-18-10-14-22-42(36)48(50(38)58)46-40-20-12-8-16-34(40)24-26-44(46)62-52(60)54(4,5)6;/h7-26,29-32,57-58H,27-28H2,1-6H3;. The molecule has 0 atom stereocenters. The van der Waals surface area contributed by atoms with Crippen LogP contribution in [0.25, 0.3) is 65.3 Å². The molecule has 0 unspecified atom stereocenters. The summed E-state index contributed by atoms with van der Waals surface area (Å²) in [4.78, 5) is 35.8. The zero-order chi connectivity index (χ0) is 43.8. The van der Waals surface area contributed by atoms with Crippen LogP contribution in [0.15, 0.2) is 143 Å². The molecule has 0 fully saturated rings.